The number of imide groups is 1. The molecule has 9 nitrogen and oxygen atoms in total. The molecule has 1 atom stereocenters. The summed E-state index contributed by atoms with van der Waals surface area (Å²) in [7, 11) is 0. The third-order valence-electron chi connectivity index (χ3n) is 4.78. The maximum atomic E-state index is 12.8. The summed E-state index contributed by atoms with van der Waals surface area (Å²) in [6.07, 6.45) is 3.05. The van der Waals surface area contributed by atoms with Crippen molar-refractivity contribution in [2.24, 2.45) is 0 Å². The van der Waals surface area contributed by atoms with Gasteiger partial charge in [0.25, 0.3) is 11.8 Å². The highest BCUT2D eigenvalue weighted by Gasteiger charge is 2.50. The van der Waals surface area contributed by atoms with E-state index in [4.69, 9.17) is 0 Å². The van der Waals surface area contributed by atoms with E-state index in [1.807, 2.05) is 6.07 Å². The molecule has 1 aromatic heterocycles. The lowest BCUT2D eigenvalue weighted by atomic mass is 9.92. The van der Waals surface area contributed by atoms with Crippen LogP contribution in [0.5, 0.6) is 0 Å². The Balaban J connectivity index is 1.47. The zero-order chi connectivity index (χ0) is 20.4. The first-order valence-electron chi connectivity index (χ1n) is 8.92. The molecule has 0 bridgehead atoms. The van der Waals surface area contributed by atoms with Gasteiger partial charge in [0.2, 0.25) is 0 Å². The van der Waals surface area contributed by atoms with Gasteiger partial charge in [0.05, 0.1) is 6.54 Å². The smallest absolute Gasteiger partial charge is 0.318 e. The molecule has 0 radical (unpaired) electrons. The number of nitrogens with one attached hydrogen (secondary N) is 2. The van der Waals surface area contributed by atoms with Gasteiger partial charge in [-0.15, -0.1) is 0 Å². The van der Waals surface area contributed by atoms with Crippen LogP contribution in [-0.2, 0) is 16.9 Å². The van der Waals surface area contributed by atoms with Crippen LogP contribution in [0.25, 0.3) is 0 Å². The standard InChI is InChI=1S/C20H18N6O3/c1-20(16-5-3-2-4-6-16)18(28)26(19(29)23-20)24-17(27)15-9-7-14(8-10-15)11-25-13-21-12-22-25/h2-10,12-13H,11H2,1H3,(H,23,29)(H,24,27). The quantitative estimate of drug-likeness (QED) is 0.641. The summed E-state index contributed by atoms with van der Waals surface area (Å²) >= 11 is 0. The monoisotopic (exact) mass is 390 g/mol. The fraction of sp³-hybridized carbons (Fsp3) is 0.150. The molecule has 0 aliphatic carbocycles. The summed E-state index contributed by atoms with van der Waals surface area (Å²) in [5, 5.41) is 7.40. The average Bonchev–Trinajstić information content (AvgIpc) is 3.32. The lowest BCUT2D eigenvalue weighted by Crippen LogP contribution is -2.47. The molecule has 1 unspecified atom stereocenters. The van der Waals surface area contributed by atoms with Crippen LogP contribution in [-0.4, -0.2) is 37.6 Å². The van der Waals surface area contributed by atoms with Crippen LogP contribution in [0, 0.1) is 0 Å². The molecule has 3 aromatic rings. The van der Waals surface area contributed by atoms with Gasteiger partial charge < -0.3 is 5.32 Å². The van der Waals surface area contributed by atoms with E-state index in [0.29, 0.717) is 17.7 Å². The highest BCUT2D eigenvalue weighted by Crippen LogP contribution is 2.27. The van der Waals surface area contributed by atoms with Gasteiger partial charge in [-0.05, 0) is 30.2 Å². The predicted octanol–water partition coefficient (Wildman–Crippen LogP) is 1.44. The van der Waals surface area contributed by atoms with Crippen molar-refractivity contribution in [3.63, 3.8) is 0 Å². The third-order valence-corrected chi connectivity index (χ3v) is 4.78. The number of hydrogen-bond acceptors (Lipinski definition) is 5. The number of amides is 4. The number of benzene rings is 2. The lowest BCUT2D eigenvalue weighted by Gasteiger charge is -2.22. The van der Waals surface area contributed by atoms with Crippen LogP contribution in [0.4, 0.5) is 4.79 Å². The molecule has 1 saturated heterocycles. The van der Waals surface area contributed by atoms with Gasteiger partial charge in [-0.2, -0.15) is 10.1 Å². The maximum absolute atomic E-state index is 12.8. The molecule has 1 fully saturated rings. The number of carbonyl (C=O) groups is 3. The predicted molar refractivity (Wildman–Crippen MR) is 102 cm³/mol. The number of hydrogen-bond donors (Lipinski definition) is 2. The van der Waals surface area contributed by atoms with Crippen LogP contribution in [0.1, 0.15) is 28.4 Å². The minimum Gasteiger partial charge on any atom is -0.318 e. The van der Waals surface area contributed by atoms with Gasteiger partial charge >= 0.3 is 6.03 Å². The van der Waals surface area contributed by atoms with E-state index in [1.54, 1.807) is 66.5 Å². The Morgan fingerprint density at radius 2 is 1.83 bits per heavy atom. The van der Waals surface area contributed by atoms with Gasteiger partial charge in [-0.25, -0.2) is 14.5 Å². The second-order valence-corrected chi connectivity index (χ2v) is 6.79. The molecule has 1 aliphatic rings. The Kier molecular flexibility index (Phi) is 4.55. The van der Waals surface area contributed by atoms with Crippen molar-refractivity contribution in [3.05, 3.63) is 83.9 Å². The zero-order valence-corrected chi connectivity index (χ0v) is 15.6. The second kappa shape index (κ2) is 7.19. The van der Waals surface area contributed by atoms with Crippen molar-refractivity contribution in [2.75, 3.05) is 0 Å². The molecule has 146 valence electrons. The molecule has 4 amide bonds. The average molecular weight is 390 g/mol. The fourth-order valence-corrected chi connectivity index (χ4v) is 3.14. The van der Waals surface area contributed by atoms with Crippen LogP contribution in [0.15, 0.2) is 67.3 Å². The number of urea groups is 1. The van der Waals surface area contributed by atoms with E-state index in [1.165, 1.54) is 6.33 Å². The topological polar surface area (TPSA) is 109 Å². The maximum Gasteiger partial charge on any atom is 0.344 e. The first-order valence-corrected chi connectivity index (χ1v) is 8.92. The van der Waals surface area contributed by atoms with Crippen LogP contribution >= 0.6 is 0 Å². The Labute approximate surface area is 166 Å². The van der Waals surface area contributed by atoms with Gasteiger partial charge in [-0.1, -0.05) is 42.5 Å². The zero-order valence-electron chi connectivity index (χ0n) is 15.6. The second-order valence-electron chi connectivity index (χ2n) is 6.79. The molecule has 0 saturated carbocycles. The Hall–Kier alpha value is -4.01. The van der Waals surface area contributed by atoms with E-state index in [2.05, 4.69) is 20.8 Å². The van der Waals surface area contributed by atoms with Gasteiger partial charge in [0.15, 0.2) is 0 Å². The Morgan fingerprint density at radius 1 is 1.10 bits per heavy atom. The number of carbonyl (C=O) groups excluding carboxylic acids is 3. The largest absolute Gasteiger partial charge is 0.344 e. The normalized spacial score (nSPS) is 18.6. The van der Waals surface area contributed by atoms with E-state index in [0.717, 1.165) is 10.6 Å². The molecule has 0 spiro atoms. The minimum atomic E-state index is -1.24. The molecule has 29 heavy (non-hydrogen) atoms. The van der Waals surface area contributed by atoms with Crippen LogP contribution < -0.4 is 10.7 Å². The molecular weight excluding hydrogens is 372 g/mol. The van der Waals surface area contributed by atoms with E-state index >= 15 is 0 Å². The van der Waals surface area contributed by atoms with Crippen LogP contribution in [0.3, 0.4) is 0 Å². The molecule has 4 rings (SSSR count). The summed E-state index contributed by atoms with van der Waals surface area (Å²) in [5.74, 6) is -1.11. The Morgan fingerprint density at radius 3 is 2.48 bits per heavy atom. The molecule has 2 heterocycles. The highest BCUT2D eigenvalue weighted by atomic mass is 16.2. The van der Waals surface area contributed by atoms with E-state index < -0.39 is 23.4 Å². The molecule has 2 N–H and O–H groups in total. The molecular formula is C20H18N6O3. The van der Waals surface area contributed by atoms with Crippen molar-refractivity contribution >= 4 is 17.8 Å². The fourth-order valence-electron chi connectivity index (χ4n) is 3.14. The van der Waals surface area contributed by atoms with Crippen molar-refractivity contribution in [1.29, 1.82) is 0 Å². The van der Waals surface area contributed by atoms with Crippen molar-refractivity contribution in [1.82, 2.24) is 30.5 Å². The molecule has 9 heteroatoms. The third kappa shape index (κ3) is 3.45. The molecule has 1 aliphatic heterocycles. The number of hydrazine groups is 1. The first kappa shape index (κ1) is 18.4. The van der Waals surface area contributed by atoms with Gasteiger partial charge in [0, 0.05) is 5.56 Å². The van der Waals surface area contributed by atoms with Gasteiger partial charge in [-0.3, -0.25) is 15.0 Å². The summed E-state index contributed by atoms with van der Waals surface area (Å²) in [5.41, 5.74) is 3.03. The summed E-state index contributed by atoms with van der Waals surface area (Å²) in [6, 6.07) is 15.0. The number of rotatable bonds is 5. The summed E-state index contributed by atoms with van der Waals surface area (Å²) in [6.45, 7) is 2.12. The van der Waals surface area contributed by atoms with Crippen LogP contribution in [0.2, 0.25) is 0 Å². The van der Waals surface area contributed by atoms with E-state index in [9.17, 15) is 14.4 Å². The molecule has 2 aromatic carbocycles. The minimum absolute atomic E-state index is 0.321. The summed E-state index contributed by atoms with van der Waals surface area (Å²) < 4.78 is 1.66. The van der Waals surface area contributed by atoms with Crippen molar-refractivity contribution in [2.45, 2.75) is 19.0 Å². The first-order chi connectivity index (χ1) is 14.0. The lowest BCUT2D eigenvalue weighted by molar-refractivity contribution is -0.132. The van der Waals surface area contributed by atoms with E-state index in [-0.39, 0.29) is 0 Å². The summed E-state index contributed by atoms with van der Waals surface area (Å²) in [4.78, 5) is 41.6. The Bertz CT molecular complexity index is 1050. The van der Waals surface area contributed by atoms with Gasteiger partial charge in [0.1, 0.15) is 18.2 Å². The van der Waals surface area contributed by atoms with Crippen molar-refractivity contribution in [3.8, 4) is 0 Å². The SMILES string of the molecule is CC1(c2ccccc2)NC(=O)N(NC(=O)c2ccc(Cn3cncn3)cc2)C1=O. The highest BCUT2D eigenvalue weighted by molar-refractivity contribution is 6.09. The number of aromatic nitrogens is 3. The number of nitrogens with zero attached hydrogens (tertiary/aromatic N) is 4. The van der Waals surface area contributed by atoms with Crippen molar-refractivity contribution < 1.29 is 14.4 Å².